The summed E-state index contributed by atoms with van der Waals surface area (Å²) in [6.07, 6.45) is 1.44. The molecule has 178 valence electrons. The second-order valence-electron chi connectivity index (χ2n) is 9.29. The van der Waals surface area contributed by atoms with Crippen molar-refractivity contribution >= 4 is 26.8 Å². The van der Waals surface area contributed by atoms with Gasteiger partial charge < -0.3 is 9.64 Å². The Morgan fingerprint density at radius 1 is 0.886 bits per heavy atom. The number of piperidine rings is 1. The molecule has 0 bridgehead atoms. The Hall–Kier alpha value is -3.42. The zero-order valence-electron chi connectivity index (χ0n) is 19.5. The number of likely N-dealkylation sites (tertiary alicyclic amines) is 1. The number of fused-ring (bicyclic) bond motifs is 3. The van der Waals surface area contributed by atoms with E-state index in [1.807, 2.05) is 29.2 Å². The van der Waals surface area contributed by atoms with Crippen molar-refractivity contribution in [2.75, 3.05) is 13.1 Å². The number of rotatable bonds is 3. The SMILES string of the molecule is Cc1c(C(=O)N2CCC3(CC2)OCc2ccccc23)c2ccccc2n1S(=O)(=O)c1ccccc1. The summed E-state index contributed by atoms with van der Waals surface area (Å²) in [6, 6.07) is 23.9. The maximum atomic E-state index is 13.8. The number of carbonyl (C=O) groups excluding carboxylic acids is 1. The summed E-state index contributed by atoms with van der Waals surface area (Å²) in [4.78, 5) is 15.9. The van der Waals surface area contributed by atoms with Crippen molar-refractivity contribution < 1.29 is 17.9 Å². The van der Waals surface area contributed by atoms with Gasteiger partial charge in [0, 0.05) is 24.2 Å². The van der Waals surface area contributed by atoms with Gasteiger partial charge in [0.2, 0.25) is 0 Å². The molecular formula is C28H26N2O4S. The van der Waals surface area contributed by atoms with Crippen molar-refractivity contribution in [1.29, 1.82) is 0 Å². The summed E-state index contributed by atoms with van der Waals surface area (Å²) in [5.74, 6) is -0.137. The van der Waals surface area contributed by atoms with E-state index in [-0.39, 0.29) is 16.4 Å². The Morgan fingerprint density at radius 3 is 2.31 bits per heavy atom. The minimum atomic E-state index is -3.87. The van der Waals surface area contributed by atoms with Crippen molar-refractivity contribution in [1.82, 2.24) is 8.87 Å². The van der Waals surface area contributed by atoms with Gasteiger partial charge in [0.25, 0.3) is 15.9 Å². The number of nitrogens with zero attached hydrogens (tertiary/aromatic N) is 2. The number of benzene rings is 3. The highest BCUT2D eigenvalue weighted by molar-refractivity contribution is 7.90. The van der Waals surface area contributed by atoms with Crippen LogP contribution in [0.1, 0.15) is 40.0 Å². The second-order valence-corrected chi connectivity index (χ2v) is 11.1. The predicted molar refractivity (Wildman–Crippen MR) is 134 cm³/mol. The van der Waals surface area contributed by atoms with Crippen LogP contribution in [0.25, 0.3) is 10.9 Å². The molecule has 0 aliphatic carbocycles. The number of ether oxygens (including phenoxy) is 1. The molecule has 4 aromatic rings. The lowest BCUT2D eigenvalue weighted by atomic mass is 9.83. The van der Waals surface area contributed by atoms with E-state index in [9.17, 15) is 13.2 Å². The van der Waals surface area contributed by atoms with Gasteiger partial charge in [-0.15, -0.1) is 0 Å². The van der Waals surface area contributed by atoms with Crippen molar-refractivity contribution in [3.8, 4) is 0 Å². The molecule has 3 aromatic carbocycles. The van der Waals surface area contributed by atoms with Crippen LogP contribution >= 0.6 is 0 Å². The smallest absolute Gasteiger partial charge is 0.268 e. The van der Waals surface area contributed by atoms with Crippen LogP contribution in [0.4, 0.5) is 0 Å². The Labute approximate surface area is 204 Å². The third kappa shape index (κ3) is 3.33. The second kappa shape index (κ2) is 8.07. The lowest BCUT2D eigenvalue weighted by molar-refractivity contribution is -0.0741. The molecule has 1 amide bonds. The lowest BCUT2D eigenvalue weighted by Crippen LogP contribution is -2.45. The molecule has 1 aromatic heterocycles. The van der Waals surface area contributed by atoms with E-state index in [1.165, 1.54) is 15.1 Å². The molecule has 6 nitrogen and oxygen atoms in total. The maximum Gasteiger partial charge on any atom is 0.268 e. The van der Waals surface area contributed by atoms with Crippen LogP contribution < -0.4 is 0 Å². The zero-order valence-corrected chi connectivity index (χ0v) is 20.3. The van der Waals surface area contributed by atoms with Gasteiger partial charge >= 0.3 is 0 Å². The maximum absolute atomic E-state index is 13.8. The number of hydrogen-bond donors (Lipinski definition) is 0. The summed E-state index contributed by atoms with van der Waals surface area (Å²) in [6.45, 7) is 3.43. The average molecular weight is 487 g/mol. The number of aromatic nitrogens is 1. The van der Waals surface area contributed by atoms with Gasteiger partial charge in [-0.3, -0.25) is 4.79 Å². The van der Waals surface area contributed by atoms with Crippen LogP contribution in [0.5, 0.6) is 0 Å². The van der Waals surface area contributed by atoms with Crippen LogP contribution in [0.15, 0.2) is 83.8 Å². The Kier molecular flexibility index (Phi) is 5.09. The van der Waals surface area contributed by atoms with Gasteiger partial charge in [-0.1, -0.05) is 60.7 Å². The Bertz CT molecular complexity index is 1550. The van der Waals surface area contributed by atoms with Crippen molar-refractivity contribution in [2.45, 2.75) is 36.9 Å². The van der Waals surface area contributed by atoms with Gasteiger partial charge in [0.15, 0.2) is 0 Å². The first-order valence-electron chi connectivity index (χ1n) is 11.8. The quantitative estimate of drug-likeness (QED) is 0.415. The average Bonchev–Trinajstić information content (AvgIpc) is 3.39. The minimum absolute atomic E-state index is 0.137. The van der Waals surface area contributed by atoms with Gasteiger partial charge in [-0.25, -0.2) is 12.4 Å². The normalized spacial score (nSPS) is 17.1. The standard InChI is InChI=1S/C28H26N2O4S/c1-20-26(23-12-6-8-14-25(23)30(20)35(32,33)22-10-3-2-4-11-22)27(31)29-17-15-28(16-18-29)24-13-7-5-9-21(24)19-34-28/h2-14H,15-19H2,1H3. The molecule has 1 saturated heterocycles. The molecule has 35 heavy (non-hydrogen) atoms. The first-order valence-corrected chi connectivity index (χ1v) is 13.3. The van der Waals surface area contributed by atoms with Crippen molar-refractivity contribution in [2.24, 2.45) is 0 Å². The fraction of sp³-hybridized carbons (Fsp3) is 0.250. The Morgan fingerprint density at radius 2 is 1.54 bits per heavy atom. The van der Waals surface area contributed by atoms with Gasteiger partial charge in [-0.2, -0.15) is 0 Å². The summed E-state index contributed by atoms with van der Waals surface area (Å²) in [7, 11) is -3.87. The summed E-state index contributed by atoms with van der Waals surface area (Å²) < 4.78 is 34.7. The molecule has 0 saturated carbocycles. The number of hydrogen-bond acceptors (Lipinski definition) is 4. The van der Waals surface area contributed by atoms with Crippen LogP contribution in [-0.4, -0.2) is 36.3 Å². The lowest BCUT2D eigenvalue weighted by Gasteiger charge is -2.39. The van der Waals surface area contributed by atoms with Crippen LogP contribution in [0.2, 0.25) is 0 Å². The molecule has 6 rings (SSSR count). The fourth-order valence-corrected chi connectivity index (χ4v) is 7.23. The predicted octanol–water partition coefficient (Wildman–Crippen LogP) is 4.85. The molecule has 0 atom stereocenters. The first-order chi connectivity index (χ1) is 16.9. The van der Waals surface area contributed by atoms with Crippen molar-refractivity contribution in [3.63, 3.8) is 0 Å². The van der Waals surface area contributed by atoms with Crippen molar-refractivity contribution in [3.05, 3.63) is 101 Å². The highest BCUT2D eigenvalue weighted by atomic mass is 32.2. The molecule has 2 aliphatic rings. The summed E-state index contributed by atoms with van der Waals surface area (Å²) in [5, 5.41) is 0.650. The van der Waals surface area contributed by atoms with Crippen LogP contribution in [0, 0.1) is 6.92 Å². The van der Waals surface area contributed by atoms with E-state index in [4.69, 9.17) is 4.74 Å². The number of amides is 1. The van der Waals surface area contributed by atoms with E-state index in [2.05, 4.69) is 12.1 Å². The van der Waals surface area contributed by atoms with Gasteiger partial charge in [0.1, 0.15) is 0 Å². The molecule has 1 fully saturated rings. The molecule has 0 radical (unpaired) electrons. The monoisotopic (exact) mass is 486 g/mol. The molecule has 0 unspecified atom stereocenters. The highest BCUT2D eigenvalue weighted by Crippen LogP contribution is 2.44. The third-order valence-corrected chi connectivity index (χ3v) is 9.24. The summed E-state index contributed by atoms with van der Waals surface area (Å²) >= 11 is 0. The first kappa shape index (κ1) is 22.1. The molecule has 7 heteroatoms. The highest BCUT2D eigenvalue weighted by Gasteiger charge is 2.43. The molecule has 3 heterocycles. The number of carbonyl (C=O) groups is 1. The van der Waals surface area contributed by atoms with Crippen LogP contribution in [0.3, 0.4) is 0 Å². The van der Waals surface area contributed by atoms with E-state index in [1.54, 1.807) is 49.4 Å². The molecular weight excluding hydrogens is 460 g/mol. The number of para-hydroxylation sites is 1. The zero-order chi connectivity index (χ0) is 24.2. The topological polar surface area (TPSA) is 68.6 Å². The molecule has 2 aliphatic heterocycles. The van der Waals surface area contributed by atoms with Gasteiger partial charge in [0.05, 0.1) is 28.2 Å². The van der Waals surface area contributed by atoms with E-state index < -0.39 is 10.0 Å². The third-order valence-electron chi connectivity index (χ3n) is 7.42. The van der Waals surface area contributed by atoms with E-state index >= 15 is 0 Å². The van der Waals surface area contributed by atoms with E-state index in [0.717, 1.165) is 12.8 Å². The molecule has 1 spiro atoms. The Balaban J connectivity index is 1.36. The van der Waals surface area contributed by atoms with Crippen LogP contribution in [-0.2, 0) is 27.0 Å². The fourth-order valence-electron chi connectivity index (χ4n) is 5.64. The van der Waals surface area contributed by atoms with E-state index in [0.29, 0.717) is 41.9 Å². The van der Waals surface area contributed by atoms with Gasteiger partial charge in [-0.05, 0) is 49.1 Å². The summed E-state index contributed by atoms with van der Waals surface area (Å²) in [5.41, 5.74) is 3.50. The largest absolute Gasteiger partial charge is 0.365 e. The molecule has 0 N–H and O–H groups in total. The minimum Gasteiger partial charge on any atom is -0.365 e.